The number of rotatable bonds is 1. The van der Waals surface area contributed by atoms with Crippen LogP contribution in [-0.4, -0.2) is 25.0 Å². The zero-order valence-electron chi connectivity index (χ0n) is 10.5. The summed E-state index contributed by atoms with van der Waals surface area (Å²) in [6.45, 7) is 4.14. The smallest absolute Gasteiger partial charge is 0.245 e. The molecule has 1 aromatic rings. The lowest BCUT2D eigenvalue weighted by Gasteiger charge is -2.26. The van der Waals surface area contributed by atoms with E-state index in [-0.39, 0.29) is 11.9 Å². The van der Waals surface area contributed by atoms with Crippen molar-refractivity contribution in [2.24, 2.45) is 11.7 Å². The minimum Gasteiger partial charge on any atom is -0.378 e. The second-order valence-corrected chi connectivity index (χ2v) is 4.85. The summed E-state index contributed by atoms with van der Waals surface area (Å²) in [6, 6.07) is 7.24. The highest BCUT2D eigenvalue weighted by Crippen LogP contribution is 2.30. The van der Waals surface area contributed by atoms with E-state index in [1.165, 1.54) is 0 Å². The van der Waals surface area contributed by atoms with Crippen LogP contribution in [-0.2, 0) is 4.79 Å². The normalized spacial score (nSPS) is 24.3. The van der Waals surface area contributed by atoms with Crippen LogP contribution in [0, 0.1) is 5.92 Å². The van der Waals surface area contributed by atoms with Gasteiger partial charge in [0.25, 0.3) is 0 Å². The molecule has 1 aromatic carbocycles. The molecule has 1 aliphatic heterocycles. The molecule has 0 aliphatic carbocycles. The predicted molar refractivity (Wildman–Crippen MR) is 70.1 cm³/mol. The van der Waals surface area contributed by atoms with E-state index in [0.717, 1.165) is 11.4 Å². The van der Waals surface area contributed by atoms with Gasteiger partial charge in [0.15, 0.2) is 0 Å². The maximum absolute atomic E-state index is 12.2. The summed E-state index contributed by atoms with van der Waals surface area (Å²) < 4.78 is 0. The van der Waals surface area contributed by atoms with Gasteiger partial charge in [-0.1, -0.05) is 26.0 Å². The number of amides is 1. The van der Waals surface area contributed by atoms with Gasteiger partial charge in [0.05, 0.1) is 17.4 Å². The lowest BCUT2D eigenvalue weighted by Crippen LogP contribution is -2.51. The first kappa shape index (κ1) is 11.9. The van der Waals surface area contributed by atoms with E-state index in [0.29, 0.717) is 5.92 Å². The highest BCUT2D eigenvalue weighted by atomic mass is 16.2. The Labute approximate surface area is 102 Å². The van der Waals surface area contributed by atoms with Crippen LogP contribution >= 0.6 is 0 Å². The van der Waals surface area contributed by atoms with E-state index in [2.05, 4.69) is 19.2 Å². The summed E-state index contributed by atoms with van der Waals surface area (Å²) in [6.07, 6.45) is 0. The molecule has 2 atom stereocenters. The third-order valence-electron chi connectivity index (χ3n) is 3.31. The highest BCUT2D eigenvalue weighted by molar-refractivity contribution is 6.01. The summed E-state index contributed by atoms with van der Waals surface area (Å²) >= 11 is 0. The third-order valence-corrected chi connectivity index (χ3v) is 3.31. The summed E-state index contributed by atoms with van der Waals surface area (Å²) in [5, 5.41) is 3.38. The number of anilines is 2. The van der Waals surface area contributed by atoms with Gasteiger partial charge in [0.2, 0.25) is 5.91 Å². The molecule has 0 bridgehead atoms. The summed E-state index contributed by atoms with van der Waals surface area (Å²) in [4.78, 5) is 13.8. The number of hydrogen-bond acceptors (Lipinski definition) is 3. The lowest BCUT2D eigenvalue weighted by atomic mass is 9.96. The molecule has 4 heteroatoms. The number of para-hydroxylation sites is 2. The first-order valence-corrected chi connectivity index (χ1v) is 5.91. The molecular formula is C13H19N3O. The third kappa shape index (κ3) is 2.00. The first-order valence-electron chi connectivity index (χ1n) is 5.91. The second-order valence-electron chi connectivity index (χ2n) is 4.85. The average molecular weight is 233 g/mol. The maximum Gasteiger partial charge on any atom is 0.245 e. The summed E-state index contributed by atoms with van der Waals surface area (Å²) in [7, 11) is 1.77. The number of fused-ring (bicyclic) bond motifs is 1. The van der Waals surface area contributed by atoms with Crippen molar-refractivity contribution in [2.45, 2.75) is 25.9 Å². The molecule has 4 nitrogen and oxygen atoms in total. The number of benzene rings is 1. The number of likely N-dealkylation sites (N-methyl/N-ethyl adjacent to an activating group) is 1. The molecule has 17 heavy (non-hydrogen) atoms. The van der Waals surface area contributed by atoms with Crippen molar-refractivity contribution in [3.8, 4) is 0 Å². The Morgan fingerprint density at radius 2 is 2.00 bits per heavy atom. The van der Waals surface area contributed by atoms with E-state index >= 15 is 0 Å². The molecule has 2 rings (SSSR count). The van der Waals surface area contributed by atoms with Crippen molar-refractivity contribution in [3.63, 3.8) is 0 Å². The molecule has 1 heterocycles. The minimum absolute atomic E-state index is 0.0337. The molecule has 0 fully saturated rings. The van der Waals surface area contributed by atoms with Crippen LogP contribution in [0.4, 0.5) is 11.4 Å². The van der Waals surface area contributed by atoms with Crippen LogP contribution in [0.5, 0.6) is 0 Å². The summed E-state index contributed by atoms with van der Waals surface area (Å²) in [5.74, 6) is 0.259. The standard InChI is InChI=1S/C13H19N3O/c1-8(2)12-11(14)13(17)16(3)10-7-5-4-6-9(10)15-12/h4-8,11-12,15H,14H2,1-3H3. The molecule has 2 unspecified atom stereocenters. The van der Waals surface area contributed by atoms with Gasteiger partial charge in [0, 0.05) is 7.05 Å². The molecule has 92 valence electrons. The fraction of sp³-hybridized carbons (Fsp3) is 0.462. The SMILES string of the molecule is CC(C)C1Nc2ccccc2N(C)C(=O)C1N. The van der Waals surface area contributed by atoms with Gasteiger partial charge in [-0.2, -0.15) is 0 Å². The topological polar surface area (TPSA) is 58.4 Å². The zero-order chi connectivity index (χ0) is 12.6. The van der Waals surface area contributed by atoms with Crippen molar-refractivity contribution >= 4 is 17.3 Å². The van der Waals surface area contributed by atoms with Gasteiger partial charge < -0.3 is 16.0 Å². The molecule has 1 aliphatic rings. The Morgan fingerprint density at radius 1 is 1.35 bits per heavy atom. The Bertz CT molecular complexity index is 430. The number of hydrogen-bond donors (Lipinski definition) is 2. The number of nitrogens with two attached hydrogens (primary N) is 1. The van der Waals surface area contributed by atoms with Crippen molar-refractivity contribution < 1.29 is 4.79 Å². The van der Waals surface area contributed by atoms with Crippen molar-refractivity contribution in [1.82, 2.24) is 0 Å². The van der Waals surface area contributed by atoms with Crippen LogP contribution in [0.3, 0.4) is 0 Å². The fourth-order valence-electron chi connectivity index (χ4n) is 2.23. The molecule has 1 amide bonds. The molecule has 3 N–H and O–H groups in total. The summed E-state index contributed by atoms with van der Waals surface area (Å²) in [5.41, 5.74) is 7.89. The Balaban J connectivity index is 2.47. The van der Waals surface area contributed by atoms with Crippen LogP contribution < -0.4 is 16.0 Å². The number of carbonyl (C=O) groups is 1. The number of carbonyl (C=O) groups excluding carboxylic acids is 1. The Kier molecular flexibility index (Phi) is 3.07. The van der Waals surface area contributed by atoms with Gasteiger partial charge in [-0.05, 0) is 18.1 Å². The Morgan fingerprint density at radius 3 is 2.65 bits per heavy atom. The van der Waals surface area contributed by atoms with E-state index in [1.807, 2.05) is 24.3 Å². The van der Waals surface area contributed by atoms with Crippen LogP contribution in [0.2, 0.25) is 0 Å². The number of nitrogens with one attached hydrogen (secondary N) is 1. The van der Waals surface area contributed by atoms with E-state index in [4.69, 9.17) is 5.73 Å². The van der Waals surface area contributed by atoms with Gasteiger partial charge >= 0.3 is 0 Å². The number of nitrogens with zero attached hydrogens (tertiary/aromatic N) is 1. The molecule has 0 aromatic heterocycles. The Hall–Kier alpha value is -1.55. The van der Waals surface area contributed by atoms with Crippen LogP contribution in [0.15, 0.2) is 24.3 Å². The molecular weight excluding hydrogens is 214 g/mol. The van der Waals surface area contributed by atoms with Crippen LogP contribution in [0.25, 0.3) is 0 Å². The predicted octanol–water partition coefficient (Wildman–Crippen LogP) is 1.43. The average Bonchev–Trinajstić information content (AvgIpc) is 2.41. The maximum atomic E-state index is 12.2. The highest BCUT2D eigenvalue weighted by Gasteiger charge is 2.33. The zero-order valence-corrected chi connectivity index (χ0v) is 10.5. The fourth-order valence-corrected chi connectivity index (χ4v) is 2.23. The van der Waals surface area contributed by atoms with Crippen molar-refractivity contribution in [1.29, 1.82) is 0 Å². The van der Waals surface area contributed by atoms with Crippen molar-refractivity contribution in [2.75, 3.05) is 17.3 Å². The van der Waals surface area contributed by atoms with Gasteiger partial charge in [-0.25, -0.2) is 0 Å². The second kappa shape index (κ2) is 4.37. The van der Waals surface area contributed by atoms with Gasteiger partial charge in [0.1, 0.15) is 6.04 Å². The first-order chi connectivity index (χ1) is 8.02. The molecule has 0 radical (unpaired) electrons. The van der Waals surface area contributed by atoms with E-state index in [9.17, 15) is 4.79 Å². The quantitative estimate of drug-likeness (QED) is 0.771. The van der Waals surface area contributed by atoms with Gasteiger partial charge in [-0.15, -0.1) is 0 Å². The van der Waals surface area contributed by atoms with Gasteiger partial charge in [-0.3, -0.25) is 4.79 Å². The molecule has 0 spiro atoms. The van der Waals surface area contributed by atoms with Crippen LogP contribution in [0.1, 0.15) is 13.8 Å². The van der Waals surface area contributed by atoms with Crippen molar-refractivity contribution in [3.05, 3.63) is 24.3 Å². The van der Waals surface area contributed by atoms with E-state index in [1.54, 1.807) is 11.9 Å². The minimum atomic E-state index is -0.507. The van der Waals surface area contributed by atoms with E-state index < -0.39 is 6.04 Å². The monoisotopic (exact) mass is 233 g/mol. The molecule has 0 saturated carbocycles. The molecule has 0 saturated heterocycles. The lowest BCUT2D eigenvalue weighted by molar-refractivity contribution is -0.119. The largest absolute Gasteiger partial charge is 0.378 e.